The van der Waals surface area contributed by atoms with Gasteiger partial charge in [-0.05, 0) is 5.92 Å². The maximum atomic E-state index is 11.0. The summed E-state index contributed by atoms with van der Waals surface area (Å²) in [5, 5.41) is 8.33. The third-order valence-electron chi connectivity index (χ3n) is 1.24. The second-order valence-corrected chi connectivity index (χ2v) is 2.42. The topological polar surface area (TPSA) is 59.3 Å². The van der Waals surface area contributed by atoms with Crippen LogP contribution in [0.2, 0.25) is 0 Å². The third kappa shape index (κ3) is 3.17. The Bertz CT molecular complexity index is 225. The fraction of sp³-hybridized carbons (Fsp3) is 0.500. The van der Waals surface area contributed by atoms with E-state index in [-0.39, 0.29) is 5.92 Å². The average molecular weight is 169 g/mol. The molecule has 0 aromatic heterocycles. The molecule has 4 nitrogen and oxygen atoms in total. The highest BCUT2D eigenvalue weighted by Gasteiger charge is 2.15. The van der Waals surface area contributed by atoms with Crippen molar-refractivity contribution in [1.82, 2.24) is 0 Å². The number of carbonyl (C=O) groups is 1. The van der Waals surface area contributed by atoms with E-state index in [2.05, 4.69) is 9.78 Å². The van der Waals surface area contributed by atoms with Gasteiger partial charge in [-0.15, -0.1) is 0 Å². The number of allylic oxidation sites excluding steroid dienone is 1. The van der Waals surface area contributed by atoms with Crippen molar-refractivity contribution in [1.29, 1.82) is 5.26 Å². The van der Waals surface area contributed by atoms with Gasteiger partial charge in [0.15, 0.2) is 0 Å². The quantitative estimate of drug-likeness (QED) is 0.275. The molecule has 0 saturated carbocycles. The first kappa shape index (κ1) is 10.7. The Kier molecular flexibility index (Phi) is 4.73. The molecule has 0 bridgehead atoms. The number of hydrogen-bond donors (Lipinski definition) is 0. The van der Waals surface area contributed by atoms with E-state index in [9.17, 15) is 4.79 Å². The molecular weight excluding hydrogens is 158 g/mol. The van der Waals surface area contributed by atoms with E-state index >= 15 is 0 Å². The maximum Gasteiger partial charge on any atom is 0.370 e. The molecule has 0 aliphatic heterocycles. The van der Waals surface area contributed by atoms with Crippen LogP contribution in [-0.2, 0) is 14.6 Å². The molecule has 66 valence electrons. The van der Waals surface area contributed by atoms with Crippen molar-refractivity contribution in [3.63, 3.8) is 0 Å². The molecule has 0 aromatic carbocycles. The highest BCUT2D eigenvalue weighted by Crippen LogP contribution is 2.10. The normalized spacial score (nSPS) is 11.1. The van der Waals surface area contributed by atoms with Crippen LogP contribution in [0.25, 0.3) is 0 Å². The lowest BCUT2D eigenvalue weighted by molar-refractivity contribution is -0.251. The van der Waals surface area contributed by atoms with Gasteiger partial charge in [0.1, 0.15) is 0 Å². The predicted octanol–water partition coefficient (Wildman–Crippen LogP) is 1.20. The van der Waals surface area contributed by atoms with Crippen molar-refractivity contribution < 1.29 is 14.6 Å². The van der Waals surface area contributed by atoms with E-state index in [0.29, 0.717) is 5.57 Å². The van der Waals surface area contributed by atoms with Crippen LogP contribution in [0.5, 0.6) is 0 Å². The van der Waals surface area contributed by atoms with Crippen LogP contribution in [0.1, 0.15) is 13.8 Å². The van der Waals surface area contributed by atoms with Gasteiger partial charge in [0.2, 0.25) is 0 Å². The van der Waals surface area contributed by atoms with Crippen LogP contribution in [0, 0.1) is 17.2 Å². The molecule has 0 rings (SSSR count). The minimum absolute atomic E-state index is 0.0488. The van der Waals surface area contributed by atoms with Gasteiger partial charge in [-0.3, -0.25) is 4.89 Å². The summed E-state index contributed by atoms with van der Waals surface area (Å²) < 4.78 is 0. The molecule has 0 unspecified atom stereocenters. The molecule has 0 N–H and O–H groups in total. The van der Waals surface area contributed by atoms with Gasteiger partial charge in [-0.25, -0.2) is 4.79 Å². The van der Waals surface area contributed by atoms with Crippen LogP contribution in [-0.4, -0.2) is 13.1 Å². The van der Waals surface area contributed by atoms with Gasteiger partial charge >= 0.3 is 5.97 Å². The Morgan fingerprint density at radius 3 is 2.50 bits per heavy atom. The standard InChI is InChI=1S/C8H11NO3/c1-6(2)7(4-5-9)8(10)12-11-3/h4,6H,1-3H3/b7-4-. The minimum atomic E-state index is -0.617. The Morgan fingerprint density at radius 1 is 1.58 bits per heavy atom. The molecule has 12 heavy (non-hydrogen) atoms. The molecule has 0 amide bonds. The van der Waals surface area contributed by atoms with Gasteiger partial charge in [0, 0.05) is 6.08 Å². The molecular formula is C8H11NO3. The first-order valence-corrected chi connectivity index (χ1v) is 3.48. The van der Waals surface area contributed by atoms with Crippen LogP contribution in [0.4, 0.5) is 0 Å². The Labute approximate surface area is 71.3 Å². The van der Waals surface area contributed by atoms with Gasteiger partial charge in [-0.2, -0.15) is 10.1 Å². The summed E-state index contributed by atoms with van der Waals surface area (Å²) in [6, 6.07) is 1.77. The van der Waals surface area contributed by atoms with Crippen LogP contribution >= 0.6 is 0 Å². The lowest BCUT2D eigenvalue weighted by Crippen LogP contribution is -2.11. The Morgan fingerprint density at radius 2 is 2.17 bits per heavy atom. The first-order chi connectivity index (χ1) is 5.63. The van der Waals surface area contributed by atoms with Crippen molar-refractivity contribution in [2.45, 2.75) is 13.8 Å². The molecule has 0 aliphatic rings. The summed E-state index contributed by atoms with van der Waals surface area (Å²) in [4.78, 5) is 19.4. The molecule has 0 spiro atoms. The maximum absolute atomic E-state index is 11.0. The van der Waals surface area contributed by atoms with E-state index in [1.165, 1.54) is 7.11 Å². The molecule has 0 heterocycles. The van der Waals surface area contributed by atoms with Crippen molar-refractivity contribution in [3.05, 3.63) is 11.6 Å². The number of rotatable bonds is 3. The second kappa shape index (κ2) is 5.33. The van der Waals surface area contributed by atoms with Crippen molar-refractivity contribution in [2.75, 3.05) is 7.11 Å². The zero-order valence-electron chi connectivity index (χ0n) is 7.33. The van der Waals surface area contributed by atoms with Crippen LogP contribution in [0.3, 0.4) is 0 Å². The highest BCUT2D eigenvalue weighted by atomic mass is 17.2. The summed E-state index contributed by atoms with van der Waals surface area (Å²) in [6.07, 6.45) is 1.16. The molecule has 0 aliphatic carbocycles. The SMILES string of the molecule is COOC(=O)/C(=C\C#N)C(C)C. The van der Waals surface area contributed by atoms with Gasteiger partial charge in [0.25, 0.3) is 0 Å². The second-order valence-electron chi connectivity index (χ2n) is 2.42. The summed E-state index contributed by atoms with van der Waals surface area (Å²) in [7, 11) is 1.24. The highest BCUT2D eigenvalue weighted by molar-refractivity contribution is 5.88. The first-order valence-electron chi connectivity index (χ1n) is 3.48. The Balaban J connectivity index is 4.44. The summed E-state index contributed by atoms with van der Waals surface area (Å²) in [5.41, 5.74) is 0.305. The third-order valence-corrected chi connectivity index (χ3v) is 1.24. The van der Waals surface area contributed by atoms with Gasteiger partial charge < -0.3 is 0 Å². The van der Waals surface area contributed by atoms with E-state index < -0.39 is 5.97 Å². The summed E-state index contributed by atoms with van der Waals surface area (Å²) >= 11 is 0. The van der Waals surface area contributed by atoms with Crippen molar-refractivity contribution in [3.8, 4) is 6.07 Å². The lowest BCUT2D eigenvalue weighted by atomic mass is 10.0. The van der Waals surface area contributed by atoms with Crippen LogP contribution in [0.15, 0.2) is 11.6 Å². The smallest absolute Gasteiger partial charge is 0.293 e. The fourth-order valence-electron chi connectivity index (χ4n) is 0.655. The largest absolute Gasteiger partial charge is 0.370 e. The van der Waals surface area contributed by atoms with Gasteiger partial charge in [0.05, 0.1) is 18.8 Å². The minimum Gasteiger partial charge on any atom is -0.293 e. The molecule has 0 radical (unpaired) electrons. The van der Waals surface area contributed by atoms with E-state index in [4.69, 9.17) is 5.26 Å². The number of carbonyl (C=O) groups excluding carboxylic acids is 1. The predicted molar refractivity (Wildman–Crippen MR) is 41.6 cm³/mol. The van der Waals surface area contributed by atoms with E-state index in [1.54, 1.807) is 19.9 Å². The molecule has 0 aromatic rings. The number of hydrogen-bond acceptors (Lipinski definition) is 4. The monoisotopic (exact) mass is 169 g/mol. The summed E-state index contributed by atoms with van der Waals surface area (Å²) in [6.45, 7) is 3.58. The average Bonchev–Trinajstić information content (AvgIpc) is 1.99. The molecule has 0 saturated heterocycles. The Hall–Kier alpha value is -1.34. The van der Waals surface area contributed by atoms with Crippen LogP contribution < -0.4 is 0 Å². The van der Waals surface area contributed by atoms with Crippen molar-refractivity contribution in [2.24, 2.45) is 5.92 Å². The van der Waals surface area contributed by atoms with E-state index in [1.807, 2.05) is 0 Å². The number of nitrogens with zero attached hydrogens (tertiary/aromatic N) is 1. The molecule has 4 heteroatoms. The molecule has 0 fully saturated rings. The van der Waals surface area contributed by atoms with E-state index in [0.717, 1.165) is 6.08 Å². The molecule has 0 atom stereocenters. The van der Waals surface area contributed by atoms with Gasteiger partial charge in [-0.1, -0.05) is 13.8 Å². The van der Waals surface area contributed by atoms with Crippen molar-refractivity contribution >= 4 is 5.97 Å². The number of nitriles is 1. The fourth-order valence-corrected chi connectivity index (χ4v) is 0.655. The zero-order valence-corrected chi connectivity index (χ0v) is 7.33. The summed E-state index contributed by atoms with van der Waals surface area (Å²) in [5.74, 6) is -0.665. The zero-order chi connectivity index (χ0) is 9.56. The lowest BCUT2D eigenvalue weighted by Gasteiger charge is -2.06.